The second-order valence-corrected chi connectivity index (χ2v) is 6.06. The Balaban J connectivity index is 1.89. The third kappa shape index (κ3) is 3.05. The van der Waals surface area contributed by atoms with Crippen LogP contribution in [0.25, 0.3) is 11.0 Å². The molecule has 3 aromatic rings. The van der Waals surface area contributed by atoms with Crippen molar-refractivity contribution >= 4 is 28.6 Å². The van der Waals surface area contributed by atoms with Crippen LogP contribution in [-0.2, 0) is 0 Å². The second-order valence-electron chi connectivity index (χ2n) is 5.62. The normalized spacial score (nSPS) is 11.2. The molecule has 0 spiro atoms. The summed E-state index contributed by atoms with van der Waals surface area (Å²) in [5, 5.41) is 5.70. The number of fused-ring (bicyclic) bond motifs is 1. The van der Waals surface area contributed by atoms with Crippen molar-refractivity contribution in [3.63, 3.8) is 0 Å². The molecule has 0 saturated heterocycles. The molecule has 6 heteroatoms. The van der Waals surface area contributed by atoms with Gasteiger partial charge in [0.15, 0.2) is 5.65 Å². The molecule has 0 radical (unpaired) electrons. The van der Waals surface area contributed by atoms with Crippen LogP contribution in [0.4, 0.5) is 0 Å². The van der Waals surface area contributed by atoms with Gasteiger partial charge in [-0.25, -0.2) is 14.5 Å². The smallest absolute Gasteiger partial charge is 0.345 e. The Hall–Kier alpha value is -2.40. The summed E-state index contributed by atoms with van der Waals surface area (Å²) < 4.78 is 7.24. The fraction of sp³-hybridized carbons (Fsp3) is 0.235. The zero-order valence-corrected chi connectivity index (χ0v) is 13.8. The molecular formula is C17H16ClN3O2. The molecular weight excluding hydrogens is 314 g/mol. The zero-order chi connectivity index (χ0) is 16.6. The zero-order valence-electron chi connectivity index (χ0n) is 13.1. The number of aromatic nitrogens is 3. The maximum Gasteiger partial charge on any atom is 0.345 e. The van der Waals surface area contributed by atoms with Crippen molar-refractivity contribution in [2.75, 3.05) is 0 Å². The number of carbonyl (C=O) groups is 1. The molecule has 0 aliphatic heterocycles. The van der Waals surface area contributed by atoms with Gasteiger partial charge in [0.2, 0.25) is 0 Å². The van der Waals surface area contributed by atoms with E-state index in [1.807, 2.05) is 25.5 Å². The van der Waals surface area contributed by atoms with Crippen molar-refractivity contribution in [3.8, 4) is 5.75 Å². The van der Waals surface area contributed by atoms with Crippen molar-refractivity contribution in [1.29, 1.82) is 0 Å². The standard InChI is InChI=1S/C17H16ClN3O2/c1-10(2)21-16-12(9-20-21)7-13(8-19-16)17(22)23-15-5-4-14(18)6-11(15)3/h4-10H,1-3H3. The van der Waals surface area contributed by atoms with Crippen LogP contribution in [-0.4, -0.2) is 20.7 Å². The third-order valence-corrected chi connectivity index (χ3v) is 3.73. The first-order chi connectivity index (χ1) is 11.0. The van der Waals surface area contributed by atoms with Gasteiger partial charge in [0.1, 0.15) is 5.75 Å². The second kappa shape index (κ2) is 6.01. The molecule has 0 aliphatic carbocycles. The van der Waals surface area contributed by atoms with Crippen LogP contribution in [0.3, 0.4) is 0 Å². The maximum atomic E-state index is 12.3. The number of nitrogens with zero attached hydrogens (tertiary/aromatic N) is 3. The number of ether oxygens (including phenoxy) is 1. The van der Waals surface area contributed by atoms with E-state index in [9.17, 15) is 4.79 Å². The number of rotatable bonds is 3. The van der Waals surface area contributed by atoms with Gasteiger partial charge < -0.3 is 4.74 Å². The van der Waals surface area contributed by atoms with E-state index in [1.54, 1.807) is 30.5 Å². The number of benzene rings is 1. The number of hydrogen-bond acceptors (Lipinski definition) is 4. The predicted molar refractivity (Wildman–Crippen MR) is 89.1 cm³/mol. The molecule has 0 aliphatic rings. The van der Waals surface area contributed by atoms with E-state index in [0.717, 1.165) is 16.6 Å². The topological polar surface area (TPSA) is 57.0 Å². The molecule has 0 bridgehead atoms. The molecule has 2 heterocycles. The van der Waals surface area contributed by atoms with E-state index in [2.05, 4.69) is 10.1 Å². The lowest BCUT2D eigenvalue weighted by Crippen LogP contribution is -2.10. The maximum absolute atomic E-state index is 12.3. The summed E-state index contributed by atoms with van der Waals surface area (Å²) in [6.45, 7) is 5.89. The average Bonchev–Trinajstić information content (AvgIpc) is 2.93. The van der Waals surface area contributed by atoms with Crippen molar-refractivity contribution < 1.29 is 9.53 Å². The van der Waals surface area contributed by atoms with Crippen LogP contribution in [0.2, 0.25) is 5.02 Å². The van der Waals surface area contributed by atoms with Gasteiger partial charge in [0.25, 0.3) is 0 Å². The molecule has 0 unspecified atom stereocenters. The Bertz CT molecular complexity index is 887. The van der Waals surface area contributed by atoms with Crippen molar-refractivity contribution in [1.82, 2.24) is 14.8 Å². The molecule has 3 rings (SSSR count). The van der Waals surface area contributed by atoms with E-state index >= 15 is 0 Å². The lowest BCUT2D eigenvalue weighted by atomic mass is 10.2. The molecule has 1 aromatic carbocycles. The van der Waals surface area contributed by atoms with Crippen LogP contribution >= 0.6 is 11.6 Å². The van der Waals surface area contributed by atoms with Crippen LogP contribution in [0.1, 0.15) is 35.8 Å². The summed E-state index contributed by atoms with van der Waals surface area (Å²) in [4.78, 5) is 16.7. The van der Waals surface area contributed by atoms with Gasteiger partial charge in [-0.15, -0.1) is 0 Å². The highest BCUT2D eigenvalue weighted by molar-refractivity contribution is 6.30. The summed E-state index contributed by atoms with van der Waals surface area (Å²) >= 11 is 5.90. The molecule has 0 saturated carbocycles. The fourth-order valence-electron chi connectivity index (χ4n) is 2.32. The van der Waals surface area contributed by atoms with E-state index < -0.39 is 5.97 Å². The minimum absolute atomic E-state index is 0.203. The first kappa shape index (κ1) is 15.5. The first-order valence-corrected chi connectivity index (χ1v) is 7.65. The first-order valence-electron chi connectivity index (χ1n) is 7.27. The number of halogens is 1. The number of esters is 1. The average molecular weight is 330 g/mol. The minimum atomic E-state index is -0.456. The highest BCUT2D eigenvalue weighted by atomic mass is 35.5. The summed E-state index contributed by atoms with van der Waals surface area (Å²) in [6, 6.07) is 7.05. The lowest BCUT2D eigenvalue weighted by molar-refractivity contribution is 0.0733. The lowest BCUT2D eigenvalue weighted by Gasteiger charge is -2.08. The SMILES string of the molecule is Cc1cc(Cl)ccc1OC(=O)c1cnc2c(cnn2C(C)C)c1. The Morgan fingerprint density at radius 1 is 1.26 bits per heavy atom. The van der Waals surface area contributed by atoms with Gasteiger partial charge in [-0.05, 0) is 50.6 Å². The Kier molecular flexibility index (Phi) is 4.05. The van der Waals surface area contributed by atoms with Crippen molar-refractivity contribution in [3.05, 3.63) is 52.8 Å². The third-order valence-electron chi connectivity index (χ3n) is 3.50. The van der Waals surface area contributed by atoms with Crippen LogP contribution in [0, 0.1) is 6.92 Å². The predicted octanol–water partition coefficient (Wildman–Crippen LogP) is 4.19. The molecule has 0 N–H and O–H groups in total. The molecule has 2 aromatic heterocycles. The quantitative estimate of drug-likeness (QED) is 0.534. The summed E-state index contributed by atoms with van der Waals surface area (Å²) in [6.07, 6.45) is 3.21. The largest absolute Gasteiger partial charge is 0.423 e. The number of hydrogen-bond donors (Lipinski definition) is 0. The highest BCUT2D eigenvalue weighted by Gasteiger charge is 2.14. The molecule has 23 heavy (non-hydrogen) atoms. The van der Waals surface area contributed by atoms with Crippen LogP contribution < -0.4 is 4.74 Å². The molecule has 0 amide bonds. The van der Waals surface area contributed by atoms with Gasteiger partial charge in [0.05, 0.1) is 11.8 Å². The molecule has 0 fully saturated rings. The van der Waals surface area contributed by atoms with Crippen LogP contribution in [0.5, 0.6) is 5.75 Å². The van der Waals surface area contributed by atoms with Gasteiger partial charge in [-0.1, -0.05) is 11.6 Å². The van der Waals surface area contributed by atoms with E-state index in [1.165, 1.54) is 6.20 Å². The van der Waals surface area contributed by atoms with Crippen molar-refractivity contribution in [2.45, 2.75) is 26.8 Å². The number of carbonyl (C=O) groups excluding carboxylic acids is 1. The van der Waals surface area contributed by atoms with Gasteiger partial charge in [0, 0.05) is 22.6 Å². The Labute approximate surface area is 138 Å². The molecule has 0 atom stereocenters. The molecule has 118 valence electrons. The summed E-state index contributed by atoms with van der Waals surface area (Å²) in [7, 11) is 0. The minimum Gasteiger partial charge on any atom is -0.423 e. The van der Waals surface area contributed by atoms with Crippen LogP contribution in [0.15, 0.2) is 36.7 Å². The highest BCUT2D eigenvalue weighted by Crippen LogP contribution is 2.23. The number of pyridine rings is 1. The van der Waals surface area contributed by atoms with E-state index in [-0.39, 0.29) is 6.04 Å². The monoisotopic (exact) mass is 329 g/mol. The summed E-state index contributed by atoms with van der Waals surface area (Å²) in [5.41, 5.74) is 1.93. The van der Waals surface area contributed by atoms with Gasteiger partial charge in [-0.3, -0.25) is 0 Å². The van der Waals surface area contributed by atoms with Gasteiger partial charge >= 0.3 is 5.97 Å². The Morgan fingerprint density at radius 3 is 2.74 bits per heavy atom. The molecule has 5 nitrogen and oxygen atoms in total. The van der Waals surface area contributed by atoms with E-state index in [0.29, 0.717) is 16.3 Å². The number of aryl methyl sites for hydroxylation is 1. The summed E-state index contributed by atoms with van der Waals surface area (Å²) in [5.74, 6) is 0.0273. The Morgan fingerprint density at radius 2 is 2.04 bits per heavy atom. The van der Waals surface area contributed by atoms with Crippen molar-refractivity contribution in [2.24, 2.45) is 0 Å². The van der Waals surface area contributed by atoms with E-state index in [4.69, 9.17) is 16.3 Å². The fourth-order valence-corrected chi connectivity index (χ4v) is 2.54. The van der Waals surface area contributed by atoms with Gasteiger partial charge in [-0.2, -0.15) is 5.10 Å².